The summed E-state index contributed by atoms with van der Waals surface area (Å²) in [6, 6.07) is 6.18. The van der Waals surface area contributed by atoms with Crippen molar-refractivity contribution >= 4 is 11.8 Å². The number of nitrogen functional groups attached to an aromatic ring is 1. The van der Waals surface area contributed by atoms with Crippen molar-refractivity contribution in [3.63, 3.8) is 0 Å². The van der Waals surface area contributed by atoms with Crippen LogP contribution in [0.1, 0.15) is 12.5 Å². The lowest BCUT2D eigenvalue weighted by atomic mass is 10.2. The van der Waals surface area contributed by atoms with Crippen LogP contribution in [0.15, 0.2) is 24.3 Å². The molecular weight excluding hydrogens is 247 g/mol. The molecule has 0 aliphatic rings. The van der Waals surface area contributed by atoms with Gasteiger partial charge >= 0.3 is 0 Å². The average Bonchev–Trinajstić information content (AvgIpc) is 2.33. The maximum Gasteiger partial charge on any atom is 0.226 e. The van der Waals surface area contributed by atoms with E-state index in [1.807, 2.05) is 13.8 Å². The normalized spacial score (nSPS) is 10.3. The number of benzene rings is 1. The molecule has 0 saturated carbocycles. The first-order chi connectivity index (χ1) is 9.08. The van der Waals surface area contributed by atoms with Crippen LogP contribution in [0.5, 0.6) is 11.6 Å². The topological polar surface area (TPSA) is 73.1 Å². The molecule has 0 fully saturated rings. The van der Waals surface area contributed by atoms with Crippen molar-refractivity contribution in [2.45, 2.75) is 13.8 Å². The summed E-state index contributed by atoms with van der Waals surface area (Å²) >= 11 is 0. The van der Waals surface area contributed by atoms with Gasteiger partial charge in [0.15, 0.2) is 11.6 Å². The highest BCUT2D eigenvalue weighted by molar-refractivity contribution is 5.44. The van der Waals surface area contributed by atoms with Gasteiger partial charge in [-0.25, -0.2) is 4.39 Å². The summed E-state index contributed by atoms with van der Waals surface area (Å²) in [7, 11) is 0. The molecule has 1 heterocycles. The smallest absolute Gasteiger partial charge is 0.226 e. The zero-order valence-electron chi connectivity index (χ0n) is 10.8. The van der Waals surface area contributed by atoms with Gasteiger partial charge in [-0.2, -0.15) is 9.97 Å². The number of nitrogens with one attached hydrogen (secondary N) is 1. The molecule has 0 bridgehead atoms. The third-order valence-electron chi connectivity index (χ3n) is 2.38. The first-order valence-corrected chi connectivity index (χ1v) is 5.91. The Hall–Kier alpha value is -2.37. The van der Waals surface area contributed by atoms with E-state index in [1.54, 1.807) is 18.2 Å². The van der Waals surface area contributed by atoms with Gasteiger partial charge in [0.05, 0.1) is 0 Å². The predicted molar refractivity (Wildman–Crippen MR) is 71.8 cm³/mol. The third-order valence-corrected chi connectivity index (χ3v) is 2.38. The van der Waals surface area contributed by atoms with E-state index in [2.05, 4.69) is 15.3 Å². The Labute approximate surface area is 110 Å². The van der Waals surface area contributed by atoms with Crippen LogP contribution >= 0.6 is 0 Å². The molecule has 0 atom stereocenters. The quantitative estimate of drug-likeness (QED) is 0.886. The molecule has 3 N–H and O–H groups in total. The van der Waals surface area contributed by atoms with E-state index in [9.17, 15) is 4.39 Å². The van der Waals surface area contributed by atoms with Gasteiger partial charge in [0.25, 0.3) is 0 Å². The van der Waals surface area contributed by atoms with E-state index in [1.165, 1.54) is 6.07 Å². The molecule has 1 aromatic carbocycles. The highest BCUT2D eigenvalue weighted by Gasteiger charge is 2.08. The average molecular weight is 262 g/mol. The van der Waals surface area contributed by atoms with Gasteiger partial charge < -0.3 is 15.8 Å². The van der Waals surface area contributed by atoms with E-state index >= 15 is 0 Å². The van der Waals surface area contributed by atoms with Gasteiger partial charge in [-0.1, -0.05) is 6.07 Å². The summed E-state index contributed by atoms with van der Waals surface area (Å²) in [4.78, 5) is 7.91. The van der Waals surface area contributed by atoms with Gasteiger partial charge in [0.1, 0.15) is 5.82 Å². The maximum absolute atomic E-state index is 13.6. The zero-order chi connectivity index (χ0) is 13.8. The molecule has 5 nitrogen and oxygen atoms in total. The molecule has 1 aromatic heterocycles. The Morgan fingerprint density at radius 2 is 2.11 bits per heavy atom. The second-order valence-electron chi connectivity index (χ2n) is 4.02. The fourth-order valence-electron chi connectivity index (χ4n) is 1.57. The molecule has 0 spiro atoms. The molecule has 0 radical (unpaired) electrons. The molecule has 19 heavy (non-hydrogen) atoms. The summed E-state index contributed by atoms with van der Waals surface area (Å²) in [6.07, 6.45) is 0. The minimum atomic E-state index is -0.451. The fraction of sp³-hybridized carbons (Fsp3) is 0.231. The SMILES string of the molecule is CCNc1cc(Oc2cc(C)ccc2F)nc(N)n1. The molecular formula is C13H15FN4O. The summed E-state index contributed by atoms with van der Waals surface area (Å²) in [5, 5.41) is 3.00. The molecule has 100 valence electrons. The van der Waals surface area contributed by atoms with Gasteiger partial charge in [0, 0.05) is 12.6 Å². The largest absolute Gasteiger partial charge is 0.436 e. The number of ether oxygens (including phenoxy) is 1. The molecule has 0 amide bonds. The lowest BCUT2D eigenvalue weighted by Gasteiger charge is -2.09. The van der Waals surface area contributed by atoms with Gasteiger partial charge in [0.2, 0.25) is 11.8 Å². The number of hydrogen-bond donors (Lipinski definition) is 2. The summed E-state index contributed by atoms with van der Waals surface area (Å²) in [5.41, 5.74) is 6.47. The molecule has 6 heteroatoms. The molecule has 2 rings (SSSR count). The van der Waals surface area contributed by atoms with Gasteiger partial charge in [-0.05, 0) is 31.5 Å². The van der Waals surface area contributed by atoms with Gasteiger partial charge in [-0.3, -0.25) is 0 Å². The van der Waals surface area contributed by atoms with Crippen LogP contribution in [0, 0.1) is 12.7 Å². The Balaban J connectivity index is 2.29. The third kappa shape index (κ3) is 3.31. The number of nitrogens with two attached hydrogens (primary N) is 1. The molecule has 0 aliphatic heterocycles. The number of nitrogens with zero attached hydrogens (tertiary/aromatic N) is 2. The Bertz CT molecular complexity index is 589. The number of rotatable bonds is 4. The minimum Gasteiger partial charge on any atom is -0.436 e. The minimum absolute atomic E-state index is 0.0708. The Kier molecular flexibility index (Phi) is 3.79. The van der Waals surface area contributed by atoms with E-state index < -0.39 is 5.82 Å². The van der Waals surface area contributed by atoms with Crippen molar-refractivity contribution < 1.29 is 9.13 Å². The molecule has 2 aromatic rings. The summed E-state index contributed by atoms with van der Waals surface area (Å²) < 4.78 is 19.0. The first kappa shape index (κ1) is 13.1. The van der Waals surface area contributed by atoms with Crippen LogP contribution in [0.3, 0.4) is 0 Å². The van der Waals surface area contributed by atoms with Gasteiger partial charge in [-0.15, -0.1) is 0 Å². The van der Waals surface area contributed by atoms with Crippen molar-refractivity contribution in [2.24, 2.45) is 0 Å². The van der Waals surface area contributed by atoms with Crippen LogP contribution in [0.25, 0.3) is 0 Å². The second kappa shape index (κ2) is 5.51. The van der Waals surface area contributed by atoms with Crippen molar-refractivity contribution in [3.05, 3.63) is 35.6 Å². The number of aromatic nitrogens is 2. The van der Waals surface area contributed by atoms with Crippen LogP contribution in [0.2, 0.25) is 0 Å². The number of anilines is 2. The highest BCUT2D eigenvalue weighted by Crippen LogP contribution is 2.25. The number of hydrogen-bond acceptors (Lipinski definition) is 5. The zero-order valence-corrected chi connectivity index (χ0v) is 10.8. The van der Waals surface area contributed by atoms with Crippen molar-refractivity contribution in [3.8, 4) is 11.6 Å². The molecule has 0 saturated heterocycles. The molecule has 0 unspecified atom stereocenters. The van der Waals surface area contributed by atoms with Crippen molar-refractivity contribution in [1.29, 1.82) is 0 Å². The second-order valence-corrected chi connectivity index (χ2v) is 4.02. The van der Waals surface area contributed by atoms with Crippen molar-refractivity contribution in [2.75, 3.05) is 17.6 Å². The van der Waals surface area contributed by atoms with Crippen LogP contribution < -0.4 is 15.8 Å². The van der Waals surface area contributed by atoms with E-state index in [4.69, 9.17) is 10.5 Å². The maximum atomic E-state index is 13.6. The van der Waals surface area contributed by atoms with Crippen LogP contribution in [-0.4, -0.2) is 16.5 Å². The summed E-state index contributed by atoms with van der Waals surface area (Å²) in [6.45, 7) is 4.47. The predicted octanol–water partition coefficient (Wildman–Crippen LogP) is 2.73. The molecule has 0 aliphatic carbocycles. The first-order valence-electron chi connectivity index (χ1n) is 5.91. The van der Waals surface area contributed by atoms with E-state index in [0.717, 1.165) is 5.56 Å². The monoisotopic (exact) mass is 262 g/mol. The number of aryl methyl sites for hydroxylation is 1. The Morgan fingerprint density at radius 3 is 2.84 bits per heavy atom. The highest BCUT2D eigenvalue weighted by atomic mass is 19.1. The lowest BCUT2D eigenvalue weighted by Crippen LogP contribution is -2.04. The summed E-state index contributed by atoms with van der Waals surface area (Å²) in [5.74, 6) is 0.473. The van der Waals surface area contributed by atoms with Crippen molar-refractivity contribution in [1.82, 2.24) is 9.97 Å². The van der Waals surface area contributed by atoms with E-state index in [0.29, 0.717) is 12.4 Å². The standard InChI is InChI=1S/C13H15FN4O/c1-3-16-11-7-12(18-13(15)17-11)19-10-6-8(2)4-5-9(10)14/h4-7H,3H2,1-2H3,(H3,15,16,17,18). The Morgan fingerprint density at radius 1 is 1.32 bits per heavy atom. The fourth-order valence-corrected chi connectivity index (χ4v) is 1.57. The van der Waals surface area contributed by atoms with E-state index in [-0.39, 0.29) is 17.6 Å². The van der Waals surface area contributed by atoms with Crippen LogP contribution in [0.4, 0.5) is 16.2 Å². The number of halogens is 1. The lowest BCUT2D eigenvalue weighted by molar-refractivity contribution is 0.427. The van der Waals surface area contributed by atoms with Crippen LogP contribution in [-0.2, 0) is 0 Å².